The molecule has 2 aromatic heterocycles. The second kappa shape index (κ2) is 5.53. The van der Waals surface area contributed by atoms with E-state index in [2.05, 4.69) is 34.4 Å². The lowest BCUT2D eigenvalue weighted by Gasteiger charge is -2.11. The predicted molar refractivity (Wildman–Crippen MR) is 71.6 cm³/mol. The van der Waals surface area contributed by atoms with Gasteiger partial charge < -0.3 is 15.1 Å². The average molecular weight is 246 g/mol. The molecule has 0 saturated heterocycles. The quantitative estimate of drug-likeness (QED) is 0.849. The van der Waals surface area contributed by atoms with Crippen molar-refractivity contribution in [2.24, 2.45) is 0 Å². The molecule has 0 saturated carbocycles. The van der Waals surface area contributed by atoms with Crippen LogP contribution in [0.4, 0.5) is 11.6 Å². The summed E-state index contributed by atoms with van der Waals surface area (Å²) in [6.07, 6.45) is 1.66. The Morgan fingerprint density at radius 3 is 2.72 bits per heavy atom. The summed E-state index contributed by atoms with van der Waals surface area (Å²) in [6.45, 7) is 6.65. The first kappa shape index (κ1) is 12.4. The Morgan fingerprint density at radius 2 is 2.06 bits per heavy atom. The van der Waals surface area contributed by atoms with Crippen LogP contribution in [-0.2, 0) is 6.54 Å². The van der Waals surface area contributed by atoms with Crippen molar-refractivity contribution < 1.29 is 4.42 Å². The van der Waals surface area contributed by atoms with Crippen molar-refractivity contribution in [3.8, 4) is 0 Å². The van der Waals surface area contributed by atoms with E-state index in [0.29, 0.717) is 12.6 Å². The minimum atomic E-state index is 0.345. The van der Waals surface area contributed by atoms with Crippen molar-refractivity contribution in [3.63, 3.8) is 0 Å². The highest BCUT2D eigenvalue weighted by Gasteiger charge is 2.03. The van der Waals surface area contributed by atoms with Gasteiger partial charge in [-0.05, 0) is 32.9 Å². The monoisotopic (exact) mass is 246 g/mol. The van der Waals surface area contributed by atoms with Gasteiger partial charge in [0, 0.05) is 12.1 Å². The zero-order valence-corrected chi connectivity index (χ0v) is 10.9. The summed E-state index contributed by atoms with van der Waals surface area (Å²) in [6, 6.07) is 6.04. The summed E-state index contributed by atoms with van der Waals surface area (Å²) in [5.41, 5.74) is 0. The maximum Gasteiger partial charge on any atom is 0.132 e. The van der Waals surface area contributed by atoms with Crippen LogP contribution < -0.4 is 10.6 Å². The van der Waals surface area contributed by atoms with Crippen LogP contribution in [0.25, 0.3) is 0 Å². The first-order valence-electron chi connectivity index (χ1n) is 6.02. The number of aryl methyl sites for hydroxylation is 1. The van der Waals surface area contributed by atoms with Gasteiger partial charge in [0.05, 0.1) is 12.8 Å². The van der Waals surface area contributed by atoms with Gasteiger partial charge >= 0.3 is 0 Å². The Kier molecular flexibility index (Phi) is 3.82. The van der Waals surface area contributed by atoms with E-state index in [9.17, 15) is 0 Å². The molecule has 0 amide bonds. The molecular weight excluding hydrogens is 228 g/mol. The molecule has 0 aliphatic rings. The fourth-order valence-electron chi connectivity index (χ4n) is 1.62. The molecule has 2 heterocycles. The molecule has 5 nitrogen and oxygen atoms in total. The maximum absolute atomic E-state index is 5.26. The summed E-state index contributed by atoms with van der Waals surface area (Å²) < 4.78 is 5.26. The minimum absolute atomic E-state index is 0.345. The summed E-state index contributed by atoms with van der Waals surface area (Å²) in [5.74, 6) is 3.24. The third-order valence-electron chi connectivity index (χ3n) is 2.30. The fraction of sp³-hybridized carbons (Fsp3) is 0.385. The van der Waals surface area contributed by atoms with Crippen molar-refractivity contribution >= 4 is 11.6 Å². The van der Waals surface area contributed by atoms with Crippen molar-refractivity contribution in [1.29, 1.82) is 0 Å². The minimum Gasteiger partial charge on any atom is -0.467 e. The average Bonchev–Trinajstić information content (AvgIpc) is 2.77. The smallest absolute Gasteiger partial charge is 0.132 e. The van der Waals surface area contributed by atoms with Crippen molar-refractivity contribution in [2.45, 2.75) is 33.4 Å². The van der Waals surface area contributed by atoms with Gasteiger partial charge in [-0.15, -0.1) is 0 Å². The van der Waals surface area contributed by atoms with Gasteiger partial charge in [-0.25, -0.2) is 9.97 Å². The van der Waals surface area contributed by atoms with E-state index < -0.39 is 0 Å². The van der Waals surface area contributed by atoms with Crippen LogP contribution in [0.3, 0.4) is 0 Å². The SMILES string of the molecule is Cc1nc(NCc2ccco2)cc(NC(C)C)n1. The third kappa shape index (κ3) is 3.48. The van der Waals surface area contributed by atoms with Gasteiger partial charge in [0.25, 0.3) is 0 Å². The van der Waals surface area contributed by atoms with Gasteiger partial charge in [-0.3, -0.25) is 0 Å². The number of nitrogens with zero attached hydrogens (tertiary/aromatic N) is 2. The molecule has 0 aromatic carbocycles. The van der Waals surface area contributed by atoms with E-state index in [4.69, 9.17) is 4.42 Å². The zero-order valence-electron chi connectivity index (χ0n) is 10.9. The van der Waals surface area contributed by atoms with E-state index in [1.54, 1.807) is 6.26 Å². The van der Waals surface area contributed by atoms with Crippen LogP contribution in [0.1, 0.15) is 25.4 Å². The van der Waals surface area contributed by atoms with Crippen LogP contribution >= 0.6 is 0 Å². The molecule has 96 valence electrons. The fourth-order valence-corrected chi connectivity index (χ4v) is 1.62. The molecule has 2 rings (SSSR count). The number of rotatable bonds is 5. The van der Waals surface area contributed by atoms with Crippen molar-refractivity contribution in [2.75, 3.05) is 10.6 Å². The largest absolute Gasteiger partial charge is 0.467 e. The van der Waals surface area contributed by atoms with E-state index >= 15 is 0 Å². The highest BCUT2D eigenvalue weighted by Crippen LogP contribution is 2.13. The van der Waals surface area contributed by atoms with E-state index in [1.807, 2.05) is 25.1 Å². The highest BCUT2D eigenvalue weighted by atomic mass is 16.3. The van der Waals surface area contributed by atoms with Crippen molar-refractivity contribution in [1.82, 2.24) is 9.97 Å². The van der Waals surface area contributed by atoms with E-state index in [0.717, 1.165) is 23.2 Å². The van der Waals surface area contributed by atoms with Crippen LogP contribution in [0, 0.1) is 6.92 Å². The molecule has 0 aliphatic heterocycles. The number of anilines is 2. The zero-order chi connectivity index (χ0) is 13.0. The van der Waals surface area contributed by atoms with Crippen LogP contribution in [0.5, 0.6) is 0 Å². The normalized spacial score (nSPS) is 10.7. The Balaban J connectivity index is 2.05. The Hall–Kier alpha value is -2.04. The lowest BCUT2D eigenvalue weighted by atomic mass is 10.3. The third-order valence-corrected chi connectivity index (χ3v) is 2.30. The van der Waals surface area contributed by atoms with Crippen LogP contribution in [0.15, 0.2) is 28.9 Å². The Bertz CT molecular complexity index is 494. The molecule has 0 aliphatic carbocycles. The summed E-state index contributed by atoms with van der Waals surface area (Å²) in [5, 5.41) is 6.48. The molecule has 0 spiro atoms. The maximum atomic E-state index is 5.26. The molecule has 2 N–H and O–H groups in total. The number of hydrogen-bond acceptors (Lipinski definition) is 5. The highest BCUT2D eigenvalue weighted by molar-refractivity contribution is 5.47. The van der Waals surface area contributed by atoms with Gasteiger partial charge in [0.15, 0.2) is 0 Å². The number of furan rings is 1. The summed E-state index contributed by atoms with van der Waals surface area (Å²) >= 11 is 0. The molecule has 0 radical (unpaired) electrons. The van der Waals surface area contributed by atoms with E-state index in [-0.39, 0.29) is 0 Å². The molecule has 18 heavy (non-hydrogen) atoms. The molecular formula is C13H18N4O. The van der Waals surface area contributed by atoms with Crippen LogP contribution in [-0.4, -0.2) is 16.0 Å². The molecule has 0 bridgehead atoms. The van der Waals surface area contributed by atoms with Crippen LogP contribution in [0.2, 0.25) is 0 Å². The number of hydrogen-bond donors (Lipinski definition) is 2. The second-order valence-corrected chi connectivity index (χ2v) is 4.42. The van der Waals surface area contributed by atoms with Gasteiger partial charge in [-0.2, -0.15) is 0 Å². The number of aromatic nitrogens is 2. The first-order valence-corrected chi connectivity index (χ1v) is 6.02. The van der Waals surface area contributed by atoms with Gasteiger partial charge in [0.1, 0.15) is 23.2 Å². The number of nitrogens with one attached hydrogen (secondary N) is 2. The first-order chi connectivity index (χ1) is 8.63. The topological polar surface area (TPSA) is 63.0 Å². The predicted octanol–water partition coefficient (Wildman–Crippen LogP) is 2.81. The summed E-state index contributed by atoms with van der Waals surface area (Å²) in [7, 11) is 0. The van der Waals surface area contributed by atoms with E-state index in [1.165, 1.54) is 0 Å². The molecule has 0 fully saturated rings. The molecule has 5 heteroatoms. The molecule has 2 aromatic rings. The van der Waals surface area contributed by atoms with Gasteiger partial charge in [0.2, 0.25) is 0 Å². The Labute approximate surface area is 107 Å². The lowest BCUT2D eigenvalue weighted by Crippen LogP contribution is -2.12. The lowest BCUT2D eigenvalue weighted by molar-refractivity contribution is 0.518. The standard InChI is InChI=1S/C13H18N4O/c1-9(2)15-13-7-12(16-10(3)17-13)14-8-11-5-4-6-18-11/h4-7,9H,8H2,1-3H3,(H2,14,15,16,17). The van der Waals surface area contributed by atoms with Gasteiger partial charge in [-0.1, -0.05) is 0 Å². The molecule has 0 atom stereocenters. The molecule has 0 unspecified atom stereocenters. The van der Waals surface area contributed by atoms with Crippen molar-refractivity contribution in [3.05, 3.63) is 36.0 Å². The summed E-state index contributed by atoms with van der Waals surface area (Å²) in [4.78, 5) is 8.67. The Morgan fingerprint density at radius 1 is 1.28 bits per heavy atom. The second-order valence-electron chi connectivity index (χ2n) is 4.42.